The molecule has 0 atom stereocenters. The molecule has 10 nitrogen and oxygen atoms in total. The first-order chi connectivity index (χ1) is 20.1. The number of aromatic nitrogens is 4. The van der Waals surface area contributed by atoms with E-state index in [0.717, 1.165) is 22.1 Å². The molecule has 0 aliphatic carbocycles. The van der Waals surface area contributed by atoms with Crippen LogP contribution in [0.3, 0.4) is 0 Å². The minimum Gasteiger partial charge on any atom is -1.00 e. The van der Waals surface area contributed by atoms with Crippen LogP contribution in [0.25, 0.3) is 0 Å². The summed E-state index contributed by atoms with van der Waals surface area (Å²) in [6.07, 6.45) is 2.92. The topological polar surface area (TPSA) is 150 Å². The van der Waals surface area contributed by atoms with Gasteiger partial charge in [0.15, 0.2) is 16.1 Å². The maximum Gasteiger partial charge on any atom is 2.00 e. The number of nitrogens with two attached hydrogens (primary N) is 2. The third-order valence-electron chi connectivity index (χ3n) is 5.37. The molecule has 230 valence electrons. The third-order valence-corrected chi connectivity index (χ3v) is 6.86. The number of carbonyl (C=O) groups excluding carboxylic acids is 2. The number of halogens is 1. The van der Waals surface area contributed by atoms with Crippen LogP contribution in [0.5, 0.6) is 0 Å². The average molecular weight is 711 g/mol. The maximum atomic E-state index is 12.3. The summed E-state index contributed by atoms with van der Waals surface area (Å²) in [6.45, 7) is 8.04. The van der Waals surface area contributed by atoms with Crippen LogP contribution in [-0.4, -0.2) is 85.4 Å². The van der Waals surface area contributed by atoms with Crippen LogP contribution in [0.1, 0.15) is 51.3 Å². The number of nitrogens with zero attached hydrogens (tertiary/aromatic N) is 5. The number of carbonyl (C=O) groups is 2. The molecule has 0 aliphatic rings. The van der Waals surface area contributed by atoms with Gasteiger partial charge in [0.1, 0.15) is 17.2 Å². The van der Waals surface area contributed by atoms with Gasteiger partial charge in [0.2, 0.25) is 0 Å². The number of benzene rings is 2. The fraction of sp³-hybridized carbons (Fsp3) is 0.267. The minimum absolute atomic E-state index is 0. The number of aryl methyl sites for hydroxylation is 2. The molecular formula is C30H36BrMgN7O3S2. The zero-order valence-corrected chi connectivity index (χ0v) is 30.3. The Kier molecular flexibility index (Phi) is 20.5. The Bertz CT molecular complexity index is 1450. The van der Waals surface area contributed by atoms with E-state index in [1.54, 1.807) is 12.1 Å². The molecule has 0 unspecified atom stereocenters. The van der Waals surface area contributed by atoms with Crippen LogP contribution in [0.2, 0.25) is 0 Å². The van der Waals surface area contributed by atoms with E-state index in [2.05, 4.69) is 32.9 Å². The summed E-state index contributed by atoms with van der Waals surface area (Å²) in [6, 6.07) is 18.2. The standard InChI is InChI=1S/C14H15N3OS.C9H14N4O2S.C7H7.BrH.Mg/c1-3-19-14-16-8-11(13(15)17-14)12(18)10-6-4-9(2)5-7-10;1-4-16-9-11-5-6(7(10)12-9)8(14)13(2)15-3;1-7-5-3-2-4-6-7;;/h4-8H,3H2,1-2H3,(H2,15,16,17);5H,4H2,1-3H3,(H2,10,11,12);3-6H,1H3;1H;/q;;-1;;+2/p-1. The smallest absolute Gasteiger partial charge is 1.00 e. The summed E-state index contributed by atoms with van der Waals surface area (Å²) in [5, 5.41) is 2.24. The number of hydroxylamine groups is 2. The zero-order valence-electron chi connectivity index (χ0n) is 25.7. The Morgan fingerprint density at radius 1 is 0.841 bits per heavy atom. The molecule has 0 saturated carbocycles. The van der Waals surface area contributed by atoms with Crippen molar-refractivity contribution >= 4 is 69.9 Å². The van der Waals surface area contributed by atoms with E-state index >= 15 is 0 Å². The predicted octanol–water partition coefficient (Wildman–Crippen LogP) is 1.93. The van der Waals surface area contributed by atoms with E-state index in [9.17, 15) is 9.59 Å². The normalized spacial score (nSPS) is 9.59. The molecule has 14 heteroatoms. The molecule has 0 fully saturated rings. The number of rotatable bonds is 8. The van der Waals surface area contributed by atoms with Crippen LogP contribution >= 0.6 is 23.5 Å². The molecule has 0 aliphatic heterocycles. The average Bonchev–Trinajstić information content (AvgIpc) is 2.98. The summed E-state index contributed by atoms with van der Waals surface area (Å²) >= 11 is 2.96. The molecule has 2 heterocycles. The number of hydrogen-bond acceptors (Lipinski definition) is 11. The summed E-state index contributed by atoms with van der Waals surface area (Å²) < 4.78 is 0. The van der Waals surface area contributed by atoms with Gasteiger partial charge in [0, 0.05) is 25.0 Å². The van der Waals surface area contributed by atoms with Gasteiger partial charge < -0.3 is 28.4 Å². The number of amides is 1. The summed E-state index contributed by atoms with van der Waals surface area (Å²) in [5.41, 5.74) is 15.1. The minimum atomic E-state index is -0.368. The number of nitrogen functional groups attached to an aromatic ring is 2. The van der Waals surface area contributed by atoms with Crippen LogP contribution in [0.15, 0.2) is 71.2 Å². The van der Waals surface area contributed by atoms with Crippen molar-refractivity contribution in [3.05, 3.63) is 94.8 Å². The Morgan fingerprint density at radius 3 is 1.68 bits per heavy atom. The van der Waals surface area contributed by atoms with Crippen molar-refractivity contribution in [3.63, 3.8) is 0 Å². The van der Waals surface area contributed by atoms with Gasteiger partial charge in [-0.2, -0.15) is 35.9 Å². The molecule has 0 bridgehead atoms. The van der Waals surface area contributed by atoms with Crippen LogP contribution in [0.4, 0.5) is 11.6 Å². The van der Waals surface area contributed by atoms with Crippen LogP contribution < -0.4 is 28.4 Å². The van der Waals surface area contributed by atoms with Crippen molar-refractivity contribution in [2.45, 2.75) is 38.0 Å². The zero-order chi connectivity index (χ0) is 31.1. The van der Waals surface area contributed by atoms with Gasteiger partial charge in [0.05, 0.1) is 12.7 Å². The quantitative estimate of drug-likeness (QED) is 0.0690. The van der Waals surface area contributed by atoms with Gasteiger partial charge in [-0.25, -0.2) is 25.0 Å². The third kappa shape index (κ3) is 13.5. The van der Waals surface area contributed by atoms with E-state index < -0.39 is 0 Å². The molecule has 44 heavy (non-hydrogen) atoms. The summed E-state index contributed by atoms with van der Waals surface area (Å²) in [7, 11) is 2.90. The van der Waals surface area contributed by atoms with Crippen molar-refractivity contribution < 1.29 is 31.4 Å². The second-order valence-corrected chi connectivity index (χ2v) is 11.0. The largest absolute Gasteiger partial charge is 2.00 e. The van der Waals surface area contributed by atoms with Crippen molar-refractivity contribution in [1.29, 1.82) is 0 Å². The van der Waals surface area contributed by atoms with Crippen molar-refractivity contribution in [2.75, 3.05) is 37.1 Å². The Balaban J connectivity index is 0.000000671. The first-order valence-electron chi connectivity index (χ1n) is 13.0. The maximum absolute atomic E-state index is 12.3. The van der Waals surface area contributed by atoms with Crippen LogP contribution in [0, 0.1) is 19.9 Å². The van der Waals surface area contributed by atoms with Crippen molar-refractivity contribution in [2.24, 2.45) is 0 Å². The number of hydrogen-bond donors (Lipinski definition) is 2. The van der Waals surface area contributed by atoms with Gasteiger partial charge in [-0.3, -0.25) is 14.4 Å². The van der Waals surface area contributed by atoms with E-state index in [1.807, 2.05) is 57.2 Å². The van der Waals surface area contributed by atoms with E-state index in [4.69, 9.17) is 16.3 Å². The summed E-state index contributed by atoms with van der Waals surface area (Å²) in [5.74, 6) is 1.60. The second kappa shape index (κ2) is 21.9. The molecule has 4 rings (SSSR count). The Labute approximate surface area is 294 Å². The van der Waals surface area contributed by atoms with Gasteiger partial charge in [-0.05, 0) is 18.4 Å². The van der Waals surface area contributed by atoms with Crippen LogP contribution in [-0.2, 0) is 4.84 Å². The second-order valence-electron chi connectivity index (χ2n) is 8.53. The number of anilines is 2. The molecule has 0 spiro atoms. The molecule has 2 aromatic carbocycles. The molecule has 0 radical (unpaired) electrons. The fourth-order valence-corrected chi connectivity index (χ4v) is 4.17. The van der Waals surface area contributed by atoms with Gasteiger partial charge in [0.25, 0.3) is 5.91 Å². The van der Waals surface area contributed by atoms with Crippen molar-refractivity contribution in [3.8, 4) is 0 Å². The SMILES string of the molecule is CCSc1ncc(C(=O)N(C)OC)c(N)n1.CCSc1ncc(C(=O)c2ccc(C)cc2)c(N)n1.Cc1cc[c-]cc1.[Br-].[Mg+2]. The van der Waals surface area contributed by atoms with Gasteiger partial charge >= 0.3 is 23.1 Å². The van der Waals surface area contributed by atoms with Crippen molar-refractivity contribution in [1.82, 2.24) is 25.0 Å². The van der Waals surface area contributed by atoms with Gasteiger partial charge in [-0.1, -0.05) is 74.1 Å². The molecule has 4 aromatic rings. The van der Waals surface area contributed by atoms with E-state index in [1.165, 1.54) is 55.6 Å². The first kappa shape index (κ1) is 41.2. The summed E-state index contributed by atoms with van der Waals surface area (Å²) in [4.78, 5) is 45.1. The molecular weight excluding hydrogens is 675 g/mol. The fourth-order valence-electron chi connectivity index (χ4n) is 3.08. The monoisotopic (exact) mass is 709 g/mol. The first-order valence-corrected chi connectivity index (χ1v) is 14.9. The van der Waals surface area contributed by atoms with E-state index in [0.29, 0.717) is 21.4 Å². The Morgan fingerprint density at radius 2 is 1.30 bits per heavy atom. The molecule has 4 N–H and O–H groups in total. The molecule has 1 amide bonds. The number of ketones is 1. The molecule has 2 aromatic heterocycles. The van der Waals surface area contributed by atoms with E-state index in [-0.39, 0.29) is 68.9 Å². The predicted molar refractivity (Wildman–Crippen MR) is 175 cm³/mol. The Hall–Kier alpha value is -2.75. The van der Waals surface area contributed by atoms with Gasteiger partial charge in [-0.15, -0.1) is 0 Å². The molecule has 0 saturated heterocycles. The number of thioether (sulfide) groups is 2.